The van der Waals surface area contributed by atoms with Crippen molar-refractivity contribution < 1.29 is 9.90 Å². The zero-order chi connectivity index (χ0) is 13.8. The molecule has 0 aliphatic heterocycles. The van der Waals surface area contributed by atoms with Crippen LogP contribution in [0.1, 0.15) is 50.5 Å². The molecule has 0 aromatic heterocycles. The number of carboxylic acids is 1. The molecule has 2 nitrogen and oxygen atoms in total. The Kier molecular flexibility index (Phi) is 5.03. The van der Waals surface area contributed by atoms with E-state index in [1.807, 2.05) is 24.3 Å². The summed E-state index contributed by atoms with van der Waals surface area (Å²) in [5, 5.41) is 9.56. The number of carbonyl (C=O) groups is 1. The van der Waals surface area contributed by atoms with Crippen molar-refractivity contribution in [2.75, 3.05) is 0 Å². The van der Waals surface area contributed by atoms with Gasteiger partial charge in [0.25, 0.3) is 0 Å². The quantitative estimate of drug-likeness (QED) is 0.860. The van der Waals surface area contributed by atoms with E-state index in [9.17, 15) is 9.90 Å². The highest BCUT2D eigenvalue weighted by molar-refractivity contribution is 9.10. The first kappa shape index (κ1) is 14.6. The number of rotatable bonds is 4. The molecule has 0 spiro atoms. The smallest absolute Gasteiger partial charge is 0.311 e. The highest BCUT2D eigenvalue weighted by atomic mass is 79.9. The Morgan fingerprint density at radius 3 is 2.32 bits per heavy atom. The lowest BCUT2D eigenvalue weighted by molar-refractivity contribution is -0.140. The Morgan fingerprint density at radius 2 is 1.84 bits per heavy atom. The molecule has 1 saturated carbocycles. The molecule has 104 valence electrons. The molecule has 0 heterocycles. The van der Waals surface area contributed by atoms with E-state index >= 15 is 0 Å². The van der Waals surface area contributed by atoms with Crippen LogP contribution in [0.4, 0.5) is 0 Å². The van der Waals surface area contributed by atoms with Gasteiger partial charge in [-0.05, 0) is 42.4 Å². The van der Waals surface area contributed by atoms with Crippen LogP contribution in [-0.2, 0) is 4.79 Å². The zero-order valence-corrected chi connectivity index (χ0v) is 12.9. The summed E-state index contributed by atoms with van der Waals surface area (Å²) >= 11 is 3.40. The molecule has 1 atom stereocenters. The van der Waals surface area contributed by atoms with Crippen LogP contribution in [0.2, 0.25) is 0 Å². The van der Waals surface area contributed by atoms with E-state index in [1.54, 1.807) is 0 Å². The SMILES string of the molecule is CCC1CCC(C(C(=O)O)c2ccc(Br)cc2)CC1. The minimum absolute atomic E-state index is 0.293. The van der Waals surface area contributed by atoms with Gasteiger partial charge in [0.1, 0.15) is 0 Å². The largest absolute Gasteiger partial charge is 0.481 e. The van der Waals surface area contributed by atoms with E-state index in [0.29, 0.717) is 5.92 Å². The van der Waals surface area contributed by atoms with Gasteiger partial charge in [-0.25, -0.2) is 0 Å². The summed E-state index contributed by atoms with van der Waals surface area (Å²) in [4.78, 5) is 11.6. The Labute approximate surface area is 123 Å². The first-order valence-electron chi connectivity index (χ1n) is 7.10. The summed E-state index contributed by atoms with van der Waals surface area (Å²) in [6.45, 7) is 2.23. The monoisotopic (exact) mass is 324 g/mol. The molecule has 0 saturated heterocycles. The first-order chi connectivity index (χ1) is 9.11. The van der Waals surface area contributed by atoms with Gasteiger partial charge in [0.2, 0.25) is 0 Å². The highest BCUT2D eigenvalue weighted by Gasteiger charge is 2.32. The third kappa shape index (κ3) is 3.59. The van der Waals surface area contributed by atoms with Gasteiger partial charge < -0.3 is 5.11 Å². The average molecular weight is 325 g/mol. The second-order valence-corrected chi connectivity index (χ2v) is 6.47. The molecule has 19 heavy (non-hydrogen) atoms. The molecule has 1 aliphatic rings. The van der Waals surface area contributed by atoms with Crippen molar-refractivity contribution in [3.63, 3.8) is 0 Å². The highest BCUT2D eigenvalue weighted by Crippen LogP contribution is 2.39. The van der Waals surface area contributed by atoms with Crippen molar-refractivity contribution in [3.05, 3.63) is 34.3 Å². The van der Waals surface area contributed by atoms with E-state index in [-0.39, 0.29) is 5.92 Å². The van der Waals surface area contributed by atoms with Crippen molar-refractivity contribution in [2.24, 2.45) is 11.8 Å². The average Bonchev–Trinajstić information content (AvgIpc) is 2.42. The third-order valence-corrected chi connectivity index (χ3v) is 4.96. The van der Waals surface area contributed by atoms with Crippen LogP contribution in [-0.4, -0.2) is 11.1 Å². The molecule has 3 heteroatoms. The van der Waals surface area contributed by atoms with Crippen molar-refractivity contribution >= 4 is 21.9 Å². The molecule has 1 N–H and O–H groups in total. The van der Waals surface area contributed by atoms with Crippen LogP contribution in [0.15, 0.2) is 28.7 Å². The summed E-state index contributed by atoms with van der Waals surface area (Å²) in [7, 11) is 0. The maximum Gasteiger partial charge on any atom is 0.311 e. The topological polar surface area (TPSA) is 37.3 Å². The number of hydrogen-bond donors (Lipinski definition) is 1. The third-order valence-electron chi connectivity index (χ3n) is 4.44. The maximum atomic E-state index is 11.6. The van der Waals surface area contributed by atoms with E-state index in [2.05, 4.69) is 22.9 Å². The molecule has 1 aromatic rings. The van der Waals surface area contributed by atoms with Gasteiger partial charge in [-0.15, -0.1) is 0 Å². The van der Waals surface area contributed by atoms with Crippen molar-refractivity contribution in [1.82, 2.24) is 0 Å². The molecular formula is C16H21BrO2. The van der Waals surface area contributed by atoms with Gasteiger partial charge in [0.15, 0.2) is 0 Å². The van der Waals surface area contributed by atoms with E-state index < -0.39 is 5.97 Å². The van der Waals surface area contributed by atoms with Gasteiger partial charge >= 0.3 is 5.97 Å². The number of carboxylic acid groups (broad SMARTS) is 1. The number of benzene rings is 1. The van der Waals surface area contributed by atoms with Gasteiger partial charge in [0, 0.05) is 4.47 Å². The van der Waals surface area contributed by atoms with Gasteiger partial charge in [-0.3, -0.25) is 4.79 Å². The van der Waals surface area contributed by atoms with Crippen molar-refractivity contribution in [3.8, 4) is 0 Å². The lowest BCUT2D eigenvalue weighted by Gasteiger charge is -2.31. The molecule has 1 aliphatic carbocycles. The Hall–Kier alpha value is -0.830. The lowest BCUT2D eigenvalue weighted by atomic mass is 9.73. The summed E-state index contributed by atoms with van der Waals surface area (Å²) in [6.07, 6.45) is 5.68. The lowest BCUT2D eigenvalue weighted by Crippen LogP contribution is -2.25. The Balaban J connectivity index is 2.13. The number of halogens is 1. The van der Waals surface area contributed by atoms with Crippen LogP contribution in [0, 0.1) is 11.8 Å². The van der Waals surface area contributed by atoms with E-state index in [0.717, 1.165) is 28.8 Å². The van der Waals surface area contributed by atoms with Gasteiger partial charge in [-0.2, -0.15) is 0 Å². The van der Waals surface area contributed by atoms with Crippen molar-refractivity contribution in [2.45, 2.75) is 44.9 Å². The minimum atomic E-state index is -0.678. The van der Waals surface area contributed by atoms with Crippen LogP contribution in [0.3, 0.4) is 0 Å². The van der Waals surface area contributed by atoms with Crippen molar-refractivity contribution in [1.29, 1.82) is 0 Å². The van der Waals surface area contributed by atoms with Crippen LogP contribution in [0.5, 0.6) is 0 Å². The van der Waals surface area contributed by atoms with Gasteiger partial charge in [0.05, 0.1) is 5.92 Å². The van der Waals surface area contributed by atoms with Crippen LogP contribution < -0.4 is 0 Å². The maximum absolute atomic E-state index is 11.6. The molecule has 0 radical (unpaired) electrons. The Bertz CT molecular complexity index is 419. The Morgan fingerprint density at radius 1 is 1.26 bits per heavy atom. The molecule has 2 rings (SSSR count). The molecule has 0 amide bonds. The summed E-state index contributed by atoms with van der Waals surface area (Å²) in [6, 6.07) is 7.75. The summed E-state index contributed by atoms with van der Waals surface area (Å²) in [5.74, 6) is 0.0743. The first-order valence-corrected chi connectivity index (χ1v) is 7.89. The standard InChI is InChI=1S/C16H21BrO2/c1-2-11-3-5-12(6-4-11)15(16(18)19)13-7-9-14(17)10-8-13/h7-12,15H,2-6H2,1H3,(H,18,19). The van der Waals surface area contributed by atoms with Crippen LogP contribution in [0.25, 0.3) is 0 Å². The van der Waals surface area contributed by atoms with E-state index in [1.165, 1.54) is 19.3 Å². The second-order valence-electron chi connectivity index (χ2n) is 5.56. The predicted molar refractivity (Wildman–Crippen MR) is 80.3 cm³/mol. The minimum Gasteiger partial charge on any atom is -0.481 e. The molecule has 1 fully saturated rings. The molecule has 1 unspecified atom stereocenters. The second kappa shape index (κ2) is 6.56. The van der Waals surface area contributed by atoms with Crippen LogP contribution >= 0.6 is 15.9 Å². The predicted octanol–water partition coefficient (Wildman–Crippen LogP) is 4.83. The normalized spacial score (nSPS) is 24.9. The molecular weight excluding hydrogens is 304 g/mol. The molecule has 0 bridgehead atoms. The fraction of sp³-hybridized carbons (Fsp3) is 0.562. The van der Waals surface area contributed by atoms with Gasteiger partial charge in [-0.1, -0.05) is 54.2 Å². The molecule has 1 aromatic carbocycles. The fourth-order valence-corrected chi connectivity index (χ4v) is 3.48. The van der Waals surface area contributed by atoms with E-state index in [4.69, 9.17) is 0 Å². The zero-order valence-electron chi connectivity index (χ0n) is 11.3. The number of aliphatic carboxylic acids is 1. The number of hydrogen-bond acceptors (Lipinski definition) is 1. The summed E-state index contributed by atoms with van der Waals surface area (Å²) in [5.41, 5.74) is 0.940. The summed E-state index contributed by atoms with van der Waals surface area (Å²) < 4.78 is 0.995. The fourth-order valence-electron chi connectivity index (χ4n) is 3.22.